The lowest BCUT2D eigenvalue weighted by molar-refractivity contribution is 0.414. The number of rotatable bonds is 7. The minimum absolute atomic E-state index is 0.286. The second kappa shape index (κ2) is 8.23. The summed E-state index contributed by atoms with van der Waals surface area (Å²) < 4.78 is 34.4. The predicted octanol–water partition coefficient (Wildman–Crippen LogP) is 4.69. The molecular weight excluding hydrogens is 346 g/mol. The molecule has 0 aromatic heterocycles. The minimum Gasteiger partial charge on any atom is -0.497 e. The summed E-state index contributed by atoms with van der Waals surface area (Å²) in [4.78, 5) is 0.380. The maximum Gasteiger partial charge on any atom is 0.241 e. The molecule has 0 spiro atoms. The Morgan fingerprint density at radius 2 is 1.54 bits per heavy atom. The van der Waals surface area contributed by atoms with E-state index in [2.05, 4.69) is 18.6 Å². The standard InChI is InChI=1S/C21H29NO3S/c1-14(2)11-20(18-7-9-19(25-6)10-8-18)22-26(23,24)21-16(4)12-15(3)13-17(21)5/h7-10,12-14,20,22H,11H2,1-6H3. The molecule has 1 unspecified atom stereocenters. The first-order valence-electron chi connectivity index (χ1n) is 8.88. The highest BCUT2D eigenvalue weighted by Gasteiger charge is 2.25. The van der Waals surface area contributed by atoms with Gasteiger partial charge in [0.05, 0.1) is 12.0 Å². The van der Waals surface area contributed by atoms with E-state index in [1.54, 1.807) is 7.11 Å². The largest absolute Gasteiger partial charge is 0.497 e. The molecule has 1 N–H and O–H groups in total. The van der Waals surface area contributed by atoms with Crippen molar-refractivity contribution in [3.8, 4) is 5.75 Å². The first kappa shape index (κ1) is 20.5. The quantitative estimate of drug-likeness (QED) is 0.764. The highest BCUT2D eigenvalue weighted by atomic mass is 32.2. The van der Waals surface area contributed by atoms with Gasteiger partial charge in [0.2, 0.25) is 10.0 Å². The van der Waals surface area contributed by atoms with Gasteiger partial charge in [0, 0.05) is 6.04 Å². The van der Waals surface area contributed by atoms with Crippen LogP contribution in [-0.4, -0.2) is 15.5 Å². The van der Waals surface area contributed by atoms with Crippen LogP contribution in [0.15, 0.2) is 41.3 Å². The minimum atomic E-state index is -3.63. The zero-order chi connectivity index (χ0) is 19.5. The predicted molar refractivity (Wildman–Crippen MR) is 106 cm³/mol. The summed E-state index contributed by atoms with van der Waals surface area (Å²) in [6.45, 7) is 9.85. The molecule has 142 valence electrons. The lowest BCUT2D eigenvalue weighted by atomic mass is 9.98. The number of hydrogen-bond acceptors (Lipinski definition) is 3. The summed E-state index contributed by atoms with van der Waals surface area (Å²) in [5, 5.41) is 0. The number of nitrogens with one attached hydrogen (secondary N) is 1. The summed E-state index contributed by atoms with van der Waals surface area (Å²) in [6, 6.07) is 11.1. The molecule has 0 bridgehead atoms. The molecule has 1 atom stereocenters. The van der Waals surface area contributed by atoms with Crippen LogP contribution < -0.4 is 9.46 Å². The Bertz CT molecular complexity index is 832. The molecule has 0 heterocycles. The van der Waals surface area contributed by atoms with Gasteiger partial charge in [0.1, 0.15) is 5.75 Å². The average molecular weight is 376 g/mol. The van der Waals surface area contributed by atoms with Crippen LogP contribution in [0.1, 0.15) is 48.6 Å². The number of sulfonamides is 1. The monoisotopic (exact) mass is 375 g/mol. The third kappa shape index (κ3) is 4.86. The fourth-order valence-electron chi connectivity index (χ4n) is 3.40. The first-order valence-corrected chi connectivity index (χ1v) is 10.4. The van der Waals surface area contributed by atoms with E-state index in [9.17, 15) is 8.42 Å². The van der Waals surface area contributed by atoms with Crippen LogP contribution in [0, 0.1) is 26.7 Å². The first-order chi connectivity index (χ1) is 12.1. The molecular formula is C21H29NO3S. The Morgan fingerprint density at radius 3 is 2.00 bits per heavy atom. The highest BCUT2D eigenvalue weighted by molar-refractivity contribution is 7.89. The van der Waals surface area contributed by atoms with Crippen LogP contribution in [-0.2, 0) is 10.0 Å². The number of hydrogen-bond donors (Lipinski definition) is 1. The second-order valence-electron chi connectivity index (χ2n) is 7.30. The van der Waals surface area contributed by atoms with Crippen LogP contribution in [0.5, 0.6) is 5.75 Å². The van der Waals surface area contributed by atoms with Crippen molar-refractivity contribution in [2.75, 3.05) is 7.11 Å². The van der Waals surface area contributed by atoms with Crippen LogP contribution >= 0.6 is 0 Å². The molecule has 0 radical (unpaired) electrons. The molecule has 26 heavy (non-hydrogen) atoms. The van der Waals surface area contributed by atoms with Crippen LogP contribution in [0.3, 0.4) is 0 Å². The molecule has 0 aliphatic carbocycles. The van der Waals surface area contributed by atoms with Crippen LogP contribution in [0.25, 0.3) is 0 Å². The van der Waals surface area contributed by atoms with Gasteiger partial charge < -0.3 is 4.74 Å². The van der Waals surface area contributed by atoms with E-state index in [1.807, 2.05) is 57.2 Å². The zero-order valence-corrected chi connectivity index (χ0v) is 17.3. The number of ether oxygens (including phenoxy) is 1. The lowest BCUT2D eigenvalue weighted by Crippen LogP contribution is -2.30. The van der Waals surface area contributed by atoms with E-state index in [-0.39, 0.29) is 6.04 Å². The molecule has 0 fully saturated rings. The summed E-state index contributed by atoms with van der Waals surface area (Å²) in [7, 11) is -2.01. The Hall–Kier alpha value is -1.85. The molecule has 0 aliphatic heterocycles. The summed E-state index contributed by atoms with van der Waals surface area (Å²) in [5.41, 5.74) is 3.54. The Kier molecular flexibility index (Phi) is 6.48. The van der Waals surface area contributed by atoms with E-state index in [0.29, 0.717) is 10.8 Å². The maximum atomic E-state index is 13.1. The van der Waals surface area contributed by atoms with E-state index >= 15 is 0 Å². The summed E-state index contributed by atoms with van der Waals surface area (Å²) in [6.07, 6.45) is 0.718. The van der Waals surface area contributed by atoms with Gasteiger partial charge in [0.25, 0.3) is 0 Å². The topological polar surface area (TPSA) is 55.4 Å². The summed E-state index contributed by atoms with van der Waals surface area (Å²) in [5.74, 6) is 1.11. The molecule has 0 saturated heterocycles. The Morgan fingerprint density at radius 1 is 1.00 bits per heavy atom. The van der Waals surface area contributed by atoms with E-state index < -0.39 is 10.0 Å². The van der Waals surface area contributed by atoms with Crippen molar-refractivity contribution < 1.29 is 13.2 Å². The smallest absolute Gasteiger partial charge is 0.241 e. The van der Waals surface area contributed by atoms with Gasteiger partial charge in [-0.05, 0) is 61.9 Å². The van der Waals surface area contributed by atoms with E-state index in [4.69, 9.17) is 4.74 Å². The van der Waals surface area contributed by atoms with Gasteiger partial charge in [-0.15, -0.1) is 0 Å². The number of methoxy groups -OCH3 is 1. The SMILES string of the molecule is COc1ccc(C(CC(C)C)NS(=O)(=O)c2c(C)cc(C)cc2C)cc1. The lowest BCUT2D eigenvalue weighted by Gasteiger charge is -2.23. The third-order valence-electron chi connectivity index (χ3n) is 4.40. The fourth-order valence-corrected chi connectivity index (χ4v) is 5.09. The molecule has 2 aromatic carbocycles. The normalized spacial score (nSPS) is 13.0. The van der Waals surface area contributed by atoms with Crippen molar-refractivity contribution in [1.82, 2.24) is 4.72 Å². The van der Waals surface area contributed by atoms with Crippen molar-refractivity contribution in [1.29, 1.82) is 0 Å². The van der Waals surface area contributed by atoms with Crippen molar-refractivity contribution in [3.63, 3.8) is 0 Å². The number of aryl methyl sites for hydroxylation is 3. The van der Waals surface area contributed by atoms with Crippen molar-refractivity contribution in [2.24, 2.45) is 5.92 Å². The average Bonchev–Trinajstić information content (AvgIpc) is 2.52. The number of benzene rings is 2. The third-order valence-corrected chi connectivity index (χ3v) is 6.17. The van der Waals surface area contributed by atoms with Crippen LogP contribution in [0.4, 0.5) is 0 Å². The van der Waals surface area contributed by atoms with Crippen molar-refractivity contribution in [2.45, 2.75) is 52.0 Å². The molecule has 4 nitrogen and oxygen atoms in total. The van der Waals surface area contributed by atoms with E-state index in [1.165, 1.54) is 0 Å². The molecule has 2 rings (SSSR count). The van der Waals surface area contributed by atoms with Crippen molar-refractivity contribution in [3.05, 3.63) is 58.7 Å². The van der Waals surface area contributed by atoms with Gasteiger partial charge in [-0.25, -0.2) is 13.1 Å². The highest BCUT2D eigenvalue weighted by Crippen LogP contribution is 2.28. The van der Waals surface area contributed by atoms with Gasteiger partial charge in [-0.1, -0.05) is 43.7 Å². The molecule has 2 aromatic rings. The molecule has 0 aliphatic rings. The second-order valence-corrected chi connectivity index (χ2v) is 8.96. The Labute approximate surface area is 157 Å². The summed E-state index contributed by atoms with van der Waals surface area (Å²) >= 11 is 0. The van der Waals surface area contributed by atoms with Gasteiger partial charge in [-0.2, -0.15) is 0 Å². The molecule has 0 saturated carbocycles. The van der Waals surface area contributed by atoms with Crippen LogP contribution in [0.2, 0.25) is 0 Å². The van der Waals surface area contributed by atoms with Gasteiger partial charge in [-0.3, -0.25) is 0 Å². The molecule has 5 heteroatoms. The van der Waals surface area contributed by atoms with Crippen molar-refractivity contribution >= 4 is 10.0 Å². The maximum absolute atomic E-state index is 13.1. The Balaban J connectivity index is 2.41. The fraction of sp³-hybridized carbons (Fsp3) is 0.429. The molecule has 0 amide bonds. The van der Waals surface area contributed by atoms with E-state index in [0.717, 1.165) is 34.4 Å². The van der Waals surface area contributed by atoms with Gasteiger partial charge in [0.15, 0.2) is 0 Å². The van der Waals surface area contributed by atoms with Gasteiger partial charge >= 0.3 is 0 Å². The zero-order valence-electron chi connectivity index (χ0n) is 16.5.